The zero-order chi connectivity index (χ0) is 12.7. The molecular weight excluding hydrogens is 246 g/mol. The molecule has 17 heavy (non-hydrogen) atoms. The maximum Gasteiger partial charge on any atom is 0.319 e. The van der Waals surface area contributed by atoms with Gasteiger partial charge in [0.15, 0.2) is 9.84 Å². The number of carboxylic acids is 1. The highest BCUT2D eigenvalue weighted by Crippen LogP contribution is 2.46. The number of aliphatic carboxylic acids is 1. The molecular formula is C10H15NO5S. The Kier molecular flexibility index (Phi) is 2.89. The van der Waals surface area contributed by atoms with E-state index in [-0.39, 0.29) is 12.3 Å². The first-order valence-corrected chi connectivity index (χ1v) is 7.33. The van der Waals surface area contributed by atoms with Crippen molar-refractivity contribution >= 4 is 21.7 Å². The summed E-state index contributed by atoms with van der Waals surface area (Å²) < 4.78 is 23.0. The van der Waals surface area contributed by atoms with Gasteiger partial charge in [0.05, 0.1) is 11.0 Å². The minimum Gasteiger partial charge on any atom is -0.480 e. The maximum atomic E-state index is 11.6. The fourth-order valence-electron chi connectivity index (χ4n) is 2.13. The van der Waals surface area contributed by atoms with Gasteiger partial charge in [-0.15, -0.1) is 0 Å². The maximum absolute atomic E-state index is 11.6. The van der Waals surface area contributed by atoms with Crippen molar-refractivity contribution in [1.82, 2.24) is 5.32 Å². The van der Waals surface area contributed by atoms with Crippen molar-refractivity contribution in [3.8, 4) is 0 Å². The average Bonchev–Trinajstić information content (AvgIpc) is 2.97. The van der Waals surface area contributed by atoms with Crippen molar-refractivity contribution in [2.24, 2.45) is 5.41 Å². The number of carbonyl (C=O) groups is 2. The van der Waals surface area contributed by atoms with Crippen LogP contribution in [0.1, 0.15) is 25.7 Å². The van der Waals surface area contributed by atoms with Crippen molar-refractivity contribution in [3.63, 3.8) is 0 Å². The fourth-order valence-corrected chi connectivity index (χ4v) is 3.89. The largest absolute Gasteiger partial charge is 0.480 e. The van der Waals surface area contributed by atoms with Crippen LogP contribution in [0, 0.1) is 5.41 Å². The molecule has 1 aliphatic heterocycles. The van der Waals surface area contributed by atoms with Crippen LogP contribution in [0.4, 0.5) is 0 Å². The quantitative estimate of drug-likeness (QED) is 0.667. The lowest BCUT2D eigenvalue weighted by atomic mass is 10.1. The first kappa shape index (κ1) is 12.3. The van der Waals surface area contributed by atoms with Gasteiger partial charge in [-0.25, -0.2) is 8.42 Å². The number of amides is 1. The molecule has 0 aromatic heterocycles. The van der Waals surface area contributed by atoms with E-state index in [0.717, 1.165) is 0 Å². The molecule has 0 aromatic rings. The molecule has 1 aliphatic carbocycles. The highest BCUT2D eigenvalue weighted by atomic mass is 32.2. The molecule has 1 atom stereocenters. The Hall–Kier alpha value is -1.11. The Balaban J connectivity index is 1.91. The van der Waals surface area contributed by atoms with Crippen LogP contribution < -0.4 is 5.32 Å². The van der Waals surface area contributed by atoms with Crippen molar-refractivity contribution in [2.45, 2.75) is 30.9 Å². The predicted molar refractivity (Wildman–Crippen MR) is 59.1 cm³/mol. The van der Waals surface area contributed by atoms with Crippen molar-refractivity contribution < 1.29 is 23.1 Å². The third-order valence-electron chi connectivity index (χ3n) is 3.55. The number of carbonyl (C=O) groups excluding carboxylic acids is 1. The molecule has 1 heterocycles. The van der Waals surface area contributed by atoms with Crippen LogP contribution in [0.5, 0.6) is 0 Å². The highest BCUT2D eigenvalue weighted by Gasteiger charge is 2.57. The van der Waals surface area contributed by atoms with Gasteiger partial charge >= 0.3 is 5.97 Å². The van der Waals surface area contributed by atoms with Gasteiger partial charge in [-0.05, 0) is 25.7 Å². The standard InChI is InChI=1S/C10H15NO5S/c12-8(10(3-4-10)9(13)14)11-6-7-2-1-5-17(7,15)16/h7H,1-6H2,(H,11,12)(H,13,14). The molecule has 0 bridgehead atoms. The highest BCUT2D eigenvalue weighted by molar-refractivity contribution is 7.92. The Morgan fingerprint density at radius 1 is 1.35 bits per heavy atom. The summed E-state index contributed by atoms with van der Waals surface area (Å²) in [7, 11) is -3.09. The number of hydrogen-bond acceptors (Lipinski definition) is 4. The van der Waals surface area contributed by atoms with Crippen LogP contribution in [0.2, 0.25) is 0 Å². The van der Waals surface area contributed by atoms with Gasteiger partial charge in [0.25, 0.3) is 0 Å². The molecule has 2 aliphatic rings. The zero-order valence-corrected chi connectivity index (χ0v) is 10.1. The topological polar surface area (TPSA) is 101 Å². The van der Waals surface area contributed by atoms with E-state index in [4.69, 9.17) is 5.11 Å². The summed E-state index contributed by atoms with van der Waals surface area (Å²) in [5, 5.41) is 10.8. The second-order valence-corrected chi connectivity index (χ2v) is 7.13. The molecule has 0 spiro atoms. The van der Waals surface area contributed by atoms with Gasteiger partial charge in [0, 0.05) is 6.54 Å². The number of carboxylic acid groups (broad SMARTS) is 1. The second-order valence-electron chi connectivity index (χ2n) is 4.73. The summed E-state index contributed by atoms with van der Waals surface area (Å²) in [5.74, 6) is -1.51. The zero-order valence-electron chi connectivity index (χ0n) is 9.31. The Bertz CT molecular complexity index is 451. The Morgan fingerprint density at radius 2 is 2.00 bits per heavy atom. The predicted octanol–water partition coefficient (Wildman–Crippen LogP) is -0.455. The summed E-state index contributed by atoms with van der Waals surface area (Å²) >= 11 is 0. The minimum atomic E-state index is -3.09. The normalized spacial score (nSPS) is 28.6. The second kappa shape index (κ2) is 3.97. The molecule has 1 amide bonds. The first-order chi connectivity index (χ1) is 7.88. The van der Waals surface area contributed by atoms with Crippen LogP contribution in [0.25, 0.3) is 0 Å². The van der Waals surface area contributed by atoms with Crippen LogP contribution in [-0.4, -0.2) is 42.9 Å². The summed E-state index contributed by atoms with van der Waals surface area (Å²) in [6.45, 7) is 0.0379. The molecule has 0 radical (unpaired) electrons. The van der Waals surface area contributed by atoms with Crippen LogP contribution >= 0.6 is 0 Å². The van der Waals surface area contributed by atoms with E-state index in [1.165, 1.54) is 0 Å². The van der Waals surface area contributed by atoms with E-state index in [9.17, 15) is 18.0 Å². The van der Waals surface area contributed by atoms with Crippen molar-refractivity contribution in [3.05, 3.63) is 0 Å². The monoisotopic (exact) mass is 261 g/mol. The van der Waals surface area contributed by atoms with Crippen molar-refractivity contribution in [2.75, 3.05) is 12.3 Å². The first-order valence-electron chi connectivity index (χ1n) is 5.62. The molecule has 2 fully saturated rings. The van der Waals surface area contributed by atoms with Gasteiger partial charge in [-0.2, -0.15) is 0 Å². The van der Waals surface area contributed by atoms with Crippen molar-refractivity contribution in [1.29, 1.82) is 0 Å². The number of rotatable bonds is 4. The number of nitrogens with one attached hydrogen (secondary N) is 1. The molecule has 1 unspecified atom stereocenters. The van der Waals surface area contributed by atoms with E-state index >= 15 is 0 Å². The molecule has 6 nitrogen and oxygen atoms in total. The summed E-state index contributed by atoms with van der Waals surface area (Å²) in [4.78, 5) is 22.5. The lowest BCUT2D eigenvalue weighted by Crippen LogP contribution is -2.41. The third-order valence-corrected chi connectivity index (χ3v) is 5.82. The number of hydrogen-bond donors (Lipinski definition) is 2. The van der Waals surface area contributed by atoms with Crippen LogP contribution in [0.15, 0.2) is 0 Å². The fraction of sp³-hybridized carbons (Fsp3) is 0.800. The summed E-state index contributed by atoms with van der Waals surface area (Å²) in [6, 6.07) is 0. The van der Waals surface area contributed by atoms with Gasteiger partial charge in [0.2, 0.25) is 5.91 Å². The Morgan fingerprint density at radius 3 is 2.41 bits per heavy atom. The minimum absolute atomic E-state index is 0.0379. The van der Waals surface area contributed by atoms with E-state index < -0.39 is 32.4 Å². The van der Waals surface area contributed by atoms with E-state index in [1.807, 2.05) is 0 Å². The van der Waals surface area contributed by atoms with Crippen LogP contribution in [-0.2, 0) is 19.4 Å². The molecule has 96 valence electrons. The van der Waals surface area contributed by atoms with Crippen LogP contribution in [0.3, 0.4) is 0 Å². The van der Waals surface area contributed by atoms with Gasteiger partial charge in [-0.1, -0.05) is 0 Å². The molecule has 7 heteroatoms. The molecule has 0 aromatic carbocycles. The lowest BCUT2D eigenvalue weighted by molar-refractivity contribution is -0.149. The average molecular weight is 261 g/mol. The SMILES string of the molecule is O=C(O)C1(C(=O)NCC2CCCS2(=O)=O)CC1. The Labute approximate surface area is 99.3 Å². The van der Waals surface area contributed by atoms with E-state index in [0.29, 0.717) is 25.7 Å². The molecule has 1 saturated heterocycles. The van der Waals surface area contributed by atoms with E-state index in [2.05, 4.69) is 5.32 Å². The molecule has 2 N–H and O–H groups in total. The van der Waals surface area contributed by atoms with Gasteiger partial charge in [-0.3, -0.25) is 9.59 Å². The van der Waals surface area contributed by atoms with Gasteiger partial charge < -0.3 is 10.4 Å². The van der Waals surface area contributed by atoms with E-state index in [1.54, 1.807) is 0 Å². The molecule has 1 saturated carbocycles. The smallest absolute Gasteiger partial charge is 0.319 e. The summed E-state index contributed by atoms with van der Waals surface area (Å²) in [6.07, 6.45) is 1.84. The lowest BCUT2D eigenvalue weighted by Gasteiger charge is -2.14. The third kappa shape index (κ3) is 2.15. The number of sulfone groups is 1. The van der Waals surface area contributed by atoms with Gasteiger partial charge in [0.1, 0.15) is 5.41 Å². The molecule has 2 rings (SSSR count). The summed E-state index contributed by atoms with van der Waals surface area (Å²) in [5.41, 5.74) is -1.29.